The maximum Gasteiger partial charge on any atom is 0.242 e. The molecule has 1 rings (SSSR count). The van der Waals surface area contributed by atoms with Crippen LogP contribution in [-0.4, -0.2) is 58.9 Å². The lowest BCUT2D eigenvalue weighted by molar-refractivity contribution is -0.129. The number of nitrogens with two attached hydrogens (primary N) is 1. The molecule has 0 aromatic rings. The number of nitrogens with one attached hydrogen (secondary N) is 2. The van der Waals surface area contributed by atoms with Crippen molar-refractivity contribution in [2.45, 2.75) is 71.1 Å². The molecule has 27 heavy (non-hydrogen) atoms. The van der Waals surface area contributed by atoms with Gasteiger partial charge in [0.05, 0.1) is 18.3 Å². The monoisotopic (exact) mass is 405 g/mol. The van der Waals surface area contributed by atoms with Crippen molar-refractivity contribution in [3.63, 3.8) is 0 Å². The van der Waals surface area contributed by atoms with E-state index in [1.807, 2.05) is 13.8 Å². The molecule has 1 fully saturated rings. The molecule has 158 valence electrons. The standard InChI is InChI=1S/C18H36N3O5P/c1-12(2)16(19)18(24)21-13(3)17(23)20-9-15(22)11-27(25,26)10-14-7-5-4-6-8-14/h12-16,22H,4-11,19H2,1-3H3,(H,20,23)(H,21,24)(H,25,26)/t13-,15+,16-/m1/s1. The highest BCUT2D eigenvalue weighted by Gasteiger charge is 2.29. The van der Waals surface area contributed by atoms with Gasteiger partial charge in [0.25, 0.3) is 0 Å². The number of carbonyl (C=O) groups excluding carboxylic acids is 2. The summed E-state index contributed by atoms with van der Waals surface area (Å²) in [5, 5.41) is 15.1. The van der Waals surface area contributed by atoms with Crippen molar-refractivity contribution in [2.24, 2.45) is 17.6 Å². The summed E-state index contributed by atoms with van der Waals surface area (Å²) in [4.78, 5) is 34.1. The first-order valence-corrected chi connectivity index (χ1v) is 11.9. The minimum atomic E-state index is -3.44. The second-order valence-electron chi connectivity index (χ2n) is 8.11. The number of carbonyl (C=O) groups is 2. The zero-order valence-corrected chi connectivity index (χ0v) is 17.6. The van der Waals surface area contributed by atoms with E-state index in [0.29, 0.717) is 0 Å². The molecule has 8 nitrogen and oxygen atoms in total. The van der Waals surface area contributed by atoms with Gasteiger partial charge in [-0.2, -0.15) is 0 Å². The third kappa shape index (κ3) is 9.19. The van der Waals surface area contributed by atoms with Crippen molar-refractivity contribution in [2.75, 3.05) is 18.9 Å². The van der Waals surface area contributed by atoms with Gasteiger partial charge in [-0.05, 0) is 31.6 Å². The number of hydrogen-bond acceptors (Lipinski definition) is 5. The predicted molar refractivity (Wildman–Crippen MR) is 106 cm³/mol. The summed E-state index contributed by atoms with van der Waals surface area (Å²) in [7, 11) is -3.44. The summed E-state index contributed by atoms with van der Waals surface area (Å²) >= 11 is 0. The molecule has 1 unspecified atom stereocenters. The lowest BCUT2D eigenvalue weighted by Crippen LogP contribution is -2.52. The summed E-state index contributed by atoms with van der Waals surface area (Å²) in [6.45, 7) is 5.01. The van der Waals surface area contributed by atoms with Crippen LogP contribution in [0.25, 0.3) is 0 Å². The minimum Gasteiger partial charge on any atom is -0.391 e. The highest BCUT2D eigenvalue weighted by atomic mass is 31.2. The highest BCUT2D eigenvalue weighted by Crippen LogP contribution is 2.45. The molecule has 0 saturated heterocycles. The molecule has 1 aliphatic rings. The highest BCUT2D eigenvalue weighted by molar-refractivity contribution is 7.58. The molecule has 2 amide bonds. The number of hydrogen-bond donors (Lipinski definition) is 5. The van der Waals surface area contributed by atoms with E-state index < -0.39 is 37.4 Å². The van der Waals surface area contributed by atoms with Gasteiger partial charge in [0.15, 0.2) is 0 Å². The molecule has 0 bridgehead atoms. The molecule has 0 heterocycles. The smallest absolute Gasteiger partial charge is 0.242 e. The molecule has 1 saturated carbocycles. The van der Waals surface area contributed by atoms with Crippen LogP contribution in [0.4, 0.5) is 0 Å². The summed E-state index contributed by atoms with van der Waals surface area (Å²) < 4.78 is 12.4. The van der Waals surface area contributed by atoms with Crippen molar-refractivity contribution in [3.05, 3.63) is 0 Å². The van der Waals surface area contributed by atoms with Crippen LogP contribution in [0.1, 0.15) is 52.9 Å². The Bertz CT molecular complexity index is 537. The van der Waals surface area contributed by atoms with Crippen LogP contribution >= 0.6 is 7.37 Å². The molecule has 0 radical (unpaired) electrons. The van der Waals surface area contributed by atoms with Crippen LogP contribution in [0.15, 0.2) is 0 Å². The van der Waals surface area contributed by atoms with Gasteiger partial charge in [0.1, 0.15) is 6.04 Å². The number of aliphatic hydroxyl groups excluding tert-OH is 1. The van der Waals surface area contributed by atoms with Gasteiger partial charge in [-0.25, -0.2) is 0 Å². The normalized spacial score (nSPS) is 21.1. The van der Waals surface area contributed by atoms with E-state index in [9.17, 15) is 24.2 Å². The molecule has 6 N–H and O–H groups in total. The Morgan fingerprint density at radius 1 is 1.15 bits per heavy atom. The summed E-state index contributed by atoms with van der Waals surface area (Å²) in [6.07, 6.45) is 4.19. The topological polar surface area (TPSA) is 142 Å². The Morgan fingerprint density at radius 3 is 2.30 bits per heavy atom. The number of amides is 2. The largest absolute Gasteiger partial charge is 0.391 e. The molecule has 9 heteroatoms. The summed E-state index contributed by atoms with van der Waals surface area (Å²) in [5.41, 5.74) is 5.73. The first kappa shape index (κ1) is 24.1. The van der Waals surface area contributed by atoms with Gasteiger partial charge in [-0.1, -0.05) is 33.1 Å². The molecule has 0 aromatic heterocycles. The lowest BCUT2D eigenvalue weighted by atomic mass is 9.91. The van der Waals surface area contributed by atoms with Crippen molar-refractivity contribution in [1.82, 2.24) is 10.6 Å². The van der Waals surface area contributed by atoms with E-state index in [2.05, 4.69) is 10.6 Å². The van der Waals surface area contributed by atoms with Crippen LogP contribution in [0, 0.1) is 11.8 Å². The third-order valence-corrected chi connectivity index (χ3v) is 7.13. The van der Waals surface area contributed by atoms with Crippen LogP contribution in [0.2, 0.25) is 0 Å². The quantitative estimate of drug-likeness (QED) is 0.340. The van der Waals surface area contributed by atoms with Crippen LogP contribution in [-0.2, 0) is 14.2 Å². The lowest BCUT2D eigenvalue weighted by Gasteiger charge is -2.25. The molecule has 0 aliphatic heterocycles. The van der Waals surface area contributed by atoms with E-state index in [1.54, 1.807) is 0 Å². The maximum absolute atomic E-state index is 12.4. The fourth-order valence-electron chi connectivity index (χ4n) is 3.29. The molecule has 4 atom stereocenters. The average Bonchev–Trinajstić information content (AvgIpc) is 2.58. The molecule has 0 spiro atoms. The van der Waals surface area contributed by atoms with E-state index >= 15 is 0 Å². The van der Waals surface area contributed by atoms with Gasteiger partial charge < -0.3 is 26.4 Å². The molecular weight excluding hydrogens is 369 g/mol. The summed E-state index contributed by atoms with van der Waals surface area (Å²) in [6, 6.07) is -1.51. The van der Waals surface area contributed by atoms with Crippen LogP contribution in [0.3, 0.4) is 0 Å². The Balaban J connectivity index is 2.36. The zero-order valence-electron chi connectivity index (χ0n) is 16.7. The minimum absolute atomic E-state index is 0.0510. The maximum atomic E-state index is 12.4. The van der Waals surface area contributed by atoms with E-state index in [4.69, 9.17) is 5.73 Å². The first-order chi connectivity index (χ1) is 12.5. The number of aliphatic hydroxyl groups is 1. The third-order valence-electron chi connectivity index (χ3n) is 5.05. The fraction of sp³-hybridized carbons (Fsp3) is 0.889. The van der Waals surface area contributed by atoms with E-state index in [-0.39, 0.29) is 30.7 Å². The fourth-order valence-corrected chi connectivity index (χ4v) is 5.40. The van der Waals surface area contributed by atoms with Crippen molar-refractivity contribution in [1.29, 1.82) is 0 Å². The van der Waals surface area contributed by atoms with Gasteiger partial charge in [0.2, 0.25) is 19.2 Å². The van der Waals surface area contributed by atoms with Gasteiger partial charge in [-0.3, -0.25) is 14.2 Å². The average molecular weight is 405 g/mol. The van der Waals surface area contributed by atoms with Gasteiger partial charge >= 0.3 is 0 Å². The zero-order chi connectivity index (χ0) is 20.6. The second kappa shape index (κ2) is 11.1. The predicted octanol–water partition coefficient (Wildman–Crippen LogP) is 0.802. The van der Waals surface area contributed by atoms with Crippen molar-refractivity contribution < 1.29 is 24.2 Å². The van der Waals surface area contributed by atoms with E-state index in [0.717, 1.165) is 25.7 Å². The van der Waals surface area contributed by atoms with E-state index in [1.165, 1.54) is 13.3 Å². The van der Waals surface area contributed by atoms with Gasteiger partial charge in [-0.15, -0.1) is 0 Å². The summed E-state index contributed by atoms with van der Waals surface area (Å²) in [5.74, 6) is -0.694. The molecule has 0 aromatic carbocycles. The van der Waals surface area contributed by atoms with Crippen molar-refractivity contribution in [3.8, 4) is 0 Å². The number of rotatable bonds is 10. The van der Waals surface area contributed by atoms with Crippen molar-refractivity contribution >= 4 is 19.2 Å². The Hall–Kier alpha value is -0.950. The Morgan fingerprint density at radius 2 is 1.74 bits per heavy atom. The Kier molecular flexibility index (Phi) is 9.95. The van der Waals surface area contributed by atoms with Crippen LogP contribution in [0.5, 0.6) is 0 Å². The molecule has 1 aliphatic carbocycles. The Labute approximate surface area is 162 Å². The van der Waals surface area contributed by atoms with Crippen LogP contribution < -0.4 is 16.4 Å². The SMILES string of the molecule is CC(C)[C@@H](N)C(=O)N[C@H](C)C(=O)NC[C@H](O)CP(=O)(O)CC1CCCCC1. The second-order valence-corrected chi connectivity index (χ2v) is 10.5. The molecular formula is C18H36N3O5P. The first-order valence-electron chi connectivity index (χ1n) is 9.84. The van der Waals surface area contributed by atoms with Gasteiger partial charge in [0, 0.05) is 12.7 Å².